The van der Waals surface area contributed by atoms with Crippen LogP contribution in [0.1, 0.15) is 18.6 Å². The molecular weight excluding hydrogens is 248 g/mol. The van der Waals surface area contributed by atoms with Crippen LogP contribution in [0.5, 0.6) is 0 Å². The van der Waals surface area contributed by atoms with Crippen LogP contribution in [0.4, 0.5) is 0 Å². The van der Waals surface area contributed by atoms with Crippen LogP contribution in [-0.2, 0) is 0 Å². The van der Waals surface area contributed by atoms with Gasteiger partial charge in [0.05, 0.1) is 6.10 Å². The highest BCUT2D eigenvalue weighted by molar-refractivity contribution is 9.10. The standard InChI is InChI=1S/C10H9BrOS/c1-6(12)8-5-13-10-7(8)3-2-4-9(10)11/h2-6,12H,1H3/t6-/m1/s1. The molecule has 0 saturated heterocycles. The van der Waals surface area contributed by atoms with E-state index in [9.17, 15) is 5.11 Å². The number of fused-ring (bicyclic) bond motifs is 1. The minimum absolute atomic E-state index is 0.386. The smallest absolute Gasteiger partial charge is 0.0776 e. The molecule has 1 nitrogen and oxygen atoms in total. The van der Waals surface area contributed by atoms with Gasteiger partial charge in [-0.15, -0.1) is 11.3 Å². The lowest BCUT2D eigenvalue weighted by molar-refractivity contribution is 0.201. The molecule has 0 amide bonds. The van der Waals surface area contributed by atoms with Crippen molar-refractivity contribution in [3.8, 4) is 0 Å². The van der Waals surface area contributed by atoms with E-state index in [4.69, 9.17) is 0 Å². The fraction of sp³-hybridized carbons (Fsp3) is 0.200. The average molecular weight is 257 g/mol. The summed E-state index contributed by atoms with van der Waals surface area (Å²) in [5.74, 6) is 0. The van der Waals surface area contributed by atoms with Gasteiger partial charge in [-0.05, 0) is 45.2 Å². The maximum absolute atomic E-state index is 9.49. The van der Waals surface area contributed by atoms with Crippen LogP contribution in [0.15, 0.2) is 28.1 Å². The van der Waals surface area contributed by atoms with Crippen molar-refractivity contribution in [3.05, 3.63) is 33.6 Å². The molecule has 1 aromatic heterocycles. The van der Waals surface area contributed by atoms with E-state index in [-0.39, 0.29) is 6.10 Å². The van der Waals surface area contributed by atoms with E-state index in [1.54, 1.807) is 18.3 Å². The predicted octanol–water partition coefficient (Wildman–Crippen LogP) is 3.72. The number of halogens is 1. The van der Waals surface area contributed by atoms with Crippen LogP contribution in [0.2, 0.25) is 0 Å². The van der Waals surface area contributed by atoms with Crippen LogP contribution in [0.25, 0.3) is 10.1 Å². The second kappa shape index (κ2) is 3.40. The fourth-order valence-electron chi connectivity index (χ4n) is 1.37. The van der Waals surface area contributed by atoms with Gasteiger partial charge >= 0.3 is 0 Å². The van der Waals surface area contributed by atoms with Gasteiger partial charge in [-0.1, -0.05) is 12.1 Å². The lowest BCUT2D eigenvalue weighted by Gasteiger charge is -2.01. The minimum atomic E-state index is -0.386. The lowest BCUT2D eigenvalue weighted by atomic mass is 10.1. The molecule has 3 heteroatoms. The van der Waals surface area contributed by atoms with Gasteiger partial charge in [0.2, 0.25) is 0 Å². The summed E-state index contributed by atoms with van der Waals surface area (Å²) in [6.45, 7) is 1.79. The van der Waals surface area contributed by atoms with Gasteiger partial charge in [-0.3, -0.25) is 0 Å². The summed E-state index contributed by atoms with van der Waals surface area (Å²) in [6.07, 6.45) is -0.386. The minimum Gasteiger partial charge on any atom is -0.389 e. The van der Waals surface area contributed by atoms with Crippen molar-refractivity contribution in [3.63, 3.8) is 0 Å². The van der Waals surface area contributed by atoms with Gasteiger partial charge in [0.1, 0.15) is 0 Å². The molecule has 0 fully saturated rings. The number of rotatable bonds is 1. The average Bonchev–Trinajstić information content (AvgIpc) is 2.48. The zero-order chi connectivity index (χ0) is 9.42. The van der Waals surface area contributed by atoms with Crippen LogP contribution < -0.4 is 0 Å². The normalized spacial score (nSPS) is 13.5. The Morgan fingerprint density at radius 2 is 2.23 bits per heavy atom. The van der Waals surface area contributed by atoms with Crippen LogP contribution >= 0.6 is 27.3 Å². The molecule has 0 aliphatic carbocycles. The molecule has 0 unspecified atom stereocenters. The van der Waals surface area contributed by atoms with E-state index < -0.39 is 0 Å². The number of aliphatic hydroxyl groups excluding tert-OH is 1. The van der Waals surface area contributed by atoms with Crippen molar-refractivity contribution in [2.45, 2.75) is 13.0 Å². The molecule has 1 aromatic carbocycles. The summed E-state index contributed by atoms with van der Waals surface area (Å²) in [5, 5.41) is 12.7. The highest BCUT2D eigenvalue weighted by atomic mass is 79.9. The fourth-order valence-corrected chi connectivity index (χ4v) is 3.07. The first-order valence-electron chi connectivity index (χ1n) is 4.04. The third-order valence-corrected chi connectivity index (χ3v) is 4.00. The van der Waals surface area contributed by atoms with Crippen molar-refractivity contribution in [1.82, 2.24) is 0 Å². The number of hydrogen-bond acceptors (Lipinski definition) is 2. The second-order valence-electron chi connectivity index (χ2n) is 2.98. The molecule has 1 atom stereocenters. The van der Waals surface area contributed by atoms with Gasteiger partial charge in [-0.2, -0.15) is 0 Å². The van der Waals surface area contributed by atoms with Crippen LogP contribution in [-0.4, -0.2) is 5.11 Å². The summed E-state index contributed by atoms with van der Waals surface area (Å²) >= 11 is 5.15. The molecule has 1 heterocycles. The Labute approximate surface area is 89.1 Å². The van der Waals surface area contributed by atoms with Gasteiger partial charge in [-0.25, -0.2) is 0 Å². The van der Waals surface area contributed by atoms with Crippen LogP contribution in [0.3, 0.4) is 0 Å². The Bertz CT molecular complexity index is 433. The zero-order valence-corrected chi connectivity index (χ0v) is 9.52. The summed E-state index contributed by atoms with van der Waals surface area (Å²) in [5.41, 5.74) is 1.02. The van der Waals surface area contributed by atoms with Crippen LogP contribution in [0, 0.1) is 0 Å². The Morgan fingerprint density at radius 1 is 1.46 bits per heavy atom. The second-order valence-corrected chi connectivity index (χ2v) is 4.72. The largest absolute Gasteiger partial charge is 0.389 e. The van der Waals surface area contributed by atoms with E-state index in [0.717, 1.165) is 15.4 Å². The van der Waals surface area contributed by atoms with Gasteiger partial charge in [0.15, 0.2) is 0 Å². The number of hydrogen-bond donors (Lipinski definition) is 1. The molecule has 0 saturated carbocycles. The molecule has 1 N–H and O–H groups in total. The number of benzene rings is 1. The van der Waals surface area contributed by atoms with Crippen molar-refractivity contribution >= 4 is 37.4 Å². The van der Waals surface area contributed by atoms with Crippen molar-refractivity contribution < 1.29 is 5.11 Å². The molecule has 13 heavy (non-hydrogen) atoms. The summed E-state index contributed by atoms with van der Waals surface area (Å²) in [7, 11) is 0. The van der Waals surface area contributed by atoms with Gasteiger partial charge in [0, 0.05) is 9.17 Å². The first kappa shape index (κ1) is 9.19. The van der Waals surface area contributed by atoms with E-state index >= 15 is 0 Å². The first-order chi connectivity index (χ1) is 6.20. The van der Waals surface area contributed by atoms with E-state index in [2.05, 4.69) is 15.9 Å². The summed E-state index contributed by atoms with van der Waals surface area (Å²) < 4.78 is 2.31. The lowest BCUT2D eigenvalue weighted by Crippen LogP contribution is -1.87. The highest BCUT2D eigenvalue weighted by Crippen LogP contribution is 2.34. The Kier molecular flexibility index (Phi) is 2.41. The van der Waals surface area contributed by atoms with Gasteiger partial charge < -0.3 is 5.11 Å². The Morgan fingerprint density at radius 3 is 2.92 bits per heavy atom. The summed E-state index contributed by atoms with van der Waals surface area (Å²) in [6, 6.07) is 6.05. The third kappa shape index (κ3) is 1.52. The summed E-state index contributed by atoms with van der Waals surface area (Å²) in [4.78, 5) is 0. The molecule has 0 aliphatic heterocycles. The number of thiophene rings is 1. The molecule has 68 valence electrons. The molecule has 2 rings (SSSR count). The highest BCUT2D eigenvalue weighted by Gasteiger charge is 2.09. The molecule has 2 aromatic rings. The predicted molar refractivity (Wildman–Crippen MR) is 60.2 cm³/mol. The van der Waals surface area contributed by atoms with Gasteiger partial charge in [0.25, 0.3) is 0 Å². The van der Waals surface area contributed by atoms with E-state index in [1.807, 2.05) is 23.6 Å². The van der Waals surface area contributed by atoms with Crippen molar-refractivity contribution in [1.29, 1.82) is 0 Å². The van der Waals surface area contributed by atoms with Crippen molar-refractivity contribution in [2.75, 3.05) is 0 Å². The third-order valence-electron chi connectivity index (χ3n) is 2.03. The molecule has 0 aliphatic rings. The zero-order valence-electron chi connectivity index (χ0n) is 7.12. The molecule has 0 bridgehead atoms. The maximum atomic E-state index is 9.49. The quantitative estimate of drug-likeness (QED) is 0.825. The van der Waals surface area contributed by atoms with E-state index in [0.29, 0.717) is 0 Å². The monoisotopic (exact) mass is 256 g/mol. The Balaban J connectivity index is 2.75. The molecule has 0 spiro atoms. The molecular formula is C10H9BrOS. The first-order valence-corrected chi connectivity index (χ1v) is 5.71. The SMILES string of the molecule is C[C@@H](O)c1csc2c(Br)cccc12. The molecule has 0 radical (unpaired) electrons. The topological polar surface area (TPSA) is 20.2 Å². The van der Waals surface area contributed by atoms with E-state index in [1.165, 1.54) is 4.70 Å². The Hall–Kier alpha value is -0.380. The van der Waals surface area contributed by atoms with Crippen molar-refractivity contribution in [2.24, 2.45) is 0 Å². The maximum Gasteiger partial charge on any atom is 0.0776 e. The number of aliphatic hydroxyl groups is 1.